The van der Waals surface area contributed by atoms with Crippen molar-refractivity contribution in [3.8, 4) is 67.5 Å². The van der Waals surface area contributed by atoms with Gasteiger partial charge in [-0.2, -0.15) is 0 Å². The smallest absolute Gasteiger partial charge is 0.164 e. The number of hydrogen-bond donors (Lipinski definition) is 0. The largest absolute Gasteiger partial charge is 0.455 e. The molecule has 0 amide bonds. The molecule has 0 bridgehead atoms. The van der Waals surface area contributed by atoms with Gasteiger partial charge in [0.2, 0.25) is 0 Å². The summed E-state index contributed by atoms with van der Waals surface area (Å²) in [5.41, 5.74) is 11.1. The highest BCUT2D eigenvalue weighted by Gasteiger charge is 2.20. The van der Waals surface area contributed by atoms with Crippen molar-refractivity contribution >= 4 is 43.5 Å². The number of benzene rings is 9. The molecule has 0 aliphatic rings. The summed E-state index contributed by atoms with van der Waals surface area (Å²) in [5, 5.41) is 6.57. The first-order valence-electron chi connectivity index (χ1n) is 19.2. The summed E-state index contributed by atoms with van der Waals surface area (Å²) in [6, 6.07) is 69.9. The molecule has 4 heteroatoms. The Morgan fingerprint density at radius 2 is 0.772 bits per heavy atom. The zero-order valence-corrected chi connectivity index (χ0v) is 30.8. The van der Waals surface area contributed by atoms with Crippen LogP contribution >= 0.6 is 0 Å². The van der Waals surface area contributed by atoms with Gasteiger partial charge in [-0.1, -0.05) is 164 Å². The van der Waals surface area contributed by atoms with Crippen molar-refractivity contribution in [3.63, 3.8) is 0 Å². The molecule has 57 heavy (non-hydrogen) atoms. The van der Waals surface area contributed by atoms with Gasteiger partial charge < -0.3 is 4.42 Å². The fourth-order valence-electron chi connectivity index (χ4n) is 7.99. The van der Waals surface area contributed by atoms with Gasteiger partial charge in [-0.25, -0.2) is 15.0 Å². The molecule has 9 aromatic carbocycles. The molecular weight excluding hydrogens is 695 g/mol. The Balaban J connectivity index is 1.13. The van der Waals surface area contributed by atoms with E-state index < -0.39 is 0 Å². The van der Waals surface area contributed by atoms with Crippen LogP contribution in [0.5, 0.6) is 0 Å². The minimum absolute atomic E-state index is 0.592. The van der Waals surface area contributed by atoms with Gasteiger partial charge in [0.15, 0.2) is 17.5 Å². The molecule has 0 saturated heterocycles. The fraction of sp³-hybridized carbons (Fsp3) is 0. The van der Waals surface area contributed by atoms with E-state index in [1.54, 1.807) is 0 Å². The quantitative estimate of drug-likeness (QED) is 0.171. The summed E-state index contributed by atoms with van der Waals surface area (Å²) in [6.45, 7) is 0. The van der Waals surface area contributed by atoms with Crippen molar-refractivity contribution in [3.05, 3.63) is 200 Å². The molecule has 0 N–H and O–H groups in total. The highest BCUT2D eigenvalue weighted by atomic mass is 16.3. The first-order chi connectivity index (χ1) is 28.2. The molecule has 4 nitrogen and oxygen atoms in total. The number of aromatic nitrogens is 3. The third kappa shape index (κ3) is 5.92. The second-order valence-corrected chi connectivity index (χ2v) is 14.4. The molecular formula is C53H33N3O. The molecule has 0 unspecified atom stereocenters. The van der Waals surface area contributed by atoms with Gasteiger partial charge in [0, 0.05) is 38.4 Å². The second kappa shape index (κ2) is 13.6. The molecule has 0 radical (unpaired) electrons. The standard InChI is InChI=1S/C53H33N3O/c1-4-13-34(14-5-1)38-20-12-21-42(30-38)51-54-52(43-26-25-40-29-39(23-24-41(40)31-43)35-15-6-2-7-16-35)56-53(55-51)44-32-47(36-17-8-3-9-18-36)50-48(33-44)46-28-27-37-19-10-11-22-45(37)49(46)57-50/h1-33H. The van der Waals surface area contributed by atoms with E-state index >= 15 is 0 Å². The number of furan rings is 1. The maximum atomic E-state index is 6.81. The third-order valence-corrected chi connectivity index (χ3v) is 10.9. The minimum atomic E-state index is 0.592. The average molecular weight is 728 g/mol. The number of nitrogens with zero attached hydrogens (tertiary/aromatic N) is 3. The fourth-order valence-corrected chi connectivity index (χ4v) is 7.99. The average Bonchev–Trinajstić information content (AvgIpc) is 3.68. The first kappa shape index (κ1) is 32.7. The molecule has 11 aromatic rings. The molecule has 0 fully saturated rings. The Morgan fingerprint density at radius 1 is 0.263 bits per heavy atom. The van der Waals surface area contributed by atoms with Crippen LogP contribution in [0.2, 0.25) is 0 Å². The maximum absolute atomic E-state index is 6.81. The van der Waals surface area contributed by atoms with Gasteiger partial charge in [0.25, 0.3) is 0 Å². The van der Waals surface area contributed by atoms with Crippen molar-refractivity contribution in [1.29, 1.82) is 0 Å². The lowest BCUT2D eigenvalue weighted by Gasteiger charge is -2.12. The van der Waals surface area contributed by atoms with E-state index in [4.69, 9.17) is 19.4 Å². The van der Waals surface area contributed by atoms with Gasteiger partial charge in [-0.3, -0.25) is 0 Å². The van der Waals surface area contributed by atoms with Crippen LogP contribution in [0, 0.1) is 0 Å². The lowest BCUT2D eigenvalue weighted by atomic mass is 9.98. The van der Waals surface area contributed by atoms with Gasteiger partial charge in [-0.05, 0) is 80.4 Å². The van der Waals surface area contributed by atoms with Crippen LogP contribution in [0.3, 0.4) is 0 Å². The molecule has 11 rings (SSSR count). The molecule has 0 saturated carbocycles. The Kier molecular flexibility index (Phi) is 7.78. The Bertz CT molecular complexity index is 3280. The molecule has 2 aromatic heterocycles. The topological polar surface area (TPSA) is 51.8 Å². The van der Waals surface area contributed by atoms with Gasteiger partial charge in [0.05, 0.1) is 0 Å². The lowest BCUT2D eigenvalue weighted by molar-refractivity contribution is 0.674. The van der Waals surface area contributed by atoms with E-state index in [2.05, 4.69) is 182 Å². The van der Waals surface area contributed by atoms with E-state index in [1.807, 2.05) is 18.2 Å². The van der Waals surface area contributed by atoms with Crippen LogP contribution in [0.15, 0.2) is 205 Å². The summed E-state index contributed by atoms with van der Waals surface area (Å²) in [6.07, 6.45) is 0. The van der Waals surface area contributed by atoms with E-state index in [-0.39, 0.29) is 0 Å². The van der Waals surface area contributed by atoms with Crippen molar-refractivity contribution in [2.45, 2.75) is 0 Å². The number of fused-ring (bicyclic) bond motifs is 6. The van der Waals surface area contributed by atoms with Crippen LogP contribution in [0.25, 0.3) is 111 Å². The Labute approximate surface area is 329 Å². The third-order valence-electron chi connectivity index (χ3n) is 10.9. The van der Waals surface area contributed by atoms with Gasteiger partial charge in [-0.15, -0.1) is 0 Å². The summed E-state index contributed by atoms with van der Waals surface area (Å²) < 4.78 is 6.81. The van der Waals surface area contributed by atoms with Gasteiger partial charge >= 0.3 is 0 Å². The van der Waals surface area contributed by atoms with Crippen LogP contribution in [0.1, 0.15) is 0 Å². The first-order valence-corrected chi connectivity index (χ1v) is 19.2. The van der Waals surface area contributed by atoms with Crippen LogP contribution in [-0.4, -0.2) is 15.0 Å². The van der Waals surface area contributed by atoms with Crippen molar-refractivity contribution in [1.82, 2.24) is 15.0 Å². The van der Waals surface area contributed by atoms with Crippen molar-refractivity contribution in [2.75, 3.05) is 0 Å². The minimum Gasteiger partial charge on any atom is -0.455 e. The summed E-state index contributed by atoms with van der Waals surface area (Å²) >= 11 is 0. The van der Waals surface area contributed by atoms with E-state index in [9.17, 15) is 0 Å². The SMILES string of the molecule is c1ccc(-c2cccc(-c3nc(-c4ccc5cc(-c6ccccc6)ccc5c4)nc(-c4cc(-c5ccccc5)c5oc6c7ccccc7ccc6c5c4)n3)c2)cc1. The maximum Gasteiger partial charge on any atom is 0.164 e. The summed E-state index contributed by atoms with van der Waals surface area (Å²) in [5.74, 6) is 1.81. The van der Waals surface area contributed by atoms with E-state index in [0.717, 1.165) is 82.4 Å². The highest BCUT2D eigenvalue weighted by Crippen LogP contribution is 2.42. The van der Waals surface area contributed by atoms with Crippen molar-refractivity contribution in [2.24, 2.45) is 0 Å². The van der Waals surface area contributed by atoms with Crippen LogP contribution in [0.4, 0.5) is 0 Å². The summed E-state index contributed by atoms with van der Waals surface area (Å²) in [7, 11) is 0. The monoisotopic (exact) mass is 727 g/mol. The molecule has 0 atom stereocenters. The van der Waals surface area contributed by atoms with E-state index in [1.165, 1.54) is 11.1 Å². The van der Waals surface area contributed by atoms with Crippen LogP contribution in [-0.2, 0) is 0 Å². The second-order valence-electron chi connectivity index (χ2n) is 14.4. The zero-order chi connectivity index (χ0) is 37.7. The van der Waals surface area contributed by atoms with Crippen LogP contribution < -0.4 is 0 Å². The molecule has 0 aliphatic carbocycles. The normalized spacial score (nSPS) is 11.5. The summed E-state index contributed by atoms with van der Waals surface area (Å²) in [4.78, 5) is 15.7. The predicted octanol–water partition coefficient (Wildman–Crippen LogP) is 14.1. The number of hydrogen-bond acceptors (Lipinski definition) is 4. The molecule has 2 heterocycles. The Morgan fingerprint density at radius 3 is 1.47 bits per heavy atom. The Hall–Kier alpha value is -7.69. The number of rotatable bonds is 6. The molecule has 0 spiro atoms. The zero-order valence-electron chi connectivity index (χ0n) is 30.8. The molecule has 266 valence electrons. The lowest BCUT2D eigenvalue weighted by Crippen LogP contribution is -2.00. The highest BCUT2D eigenvalue weighted by molar-refractivity contribution is 6.18. The molecule has 0 aliphatic heterocycles. The van der Waals surface area contributed by atoms with Crippen molar-refractivity contribution < 1.29 is 4.42 Å². The van der Waals surface area contributed by atoms with Gasteiger partial charge in [0.1, 0.15) is 11.2 Å². The predicted molar refractivity (Wildman–Crippen MR) is 235 cm³/mol. The van der Waals surface area contributed by atoms with E-state index in [0.29, 0.717) is 17.5 Å².